The number of nitrogens with zero attached hydrogens (tertiary/aromatic N) is 4. The van der Waals surface area contributed by atoms with Crippen molar-refractivity contribution in [2.75, 3.05) is 18.1 Å². The van der Waals surface area contributed by atoms with Crippen molar-refractivity contribution in [1.29, 1.82) is 0 Å². The van der Waals surface area contributed by atoms with Gasteiger partial charge in [-0.25, -0.2) is 19.2 Å². The predicted octanol–water partition coefficient (Wildman–Crippen LogP) is 3.24. The van der Waals surface area contributed by atoms with Crippen LogP contribution in [0.15, 0.2) is 29.2 Å². The van der Waals surface area contributed by atoms with Crippen LogP contribution in [-0.4, -0.2) is 51.8 Å². The Labute approximate surface area is 212 Å². The number of rotatable bonds is 7. The van der Waals surface area contributed by atoms with Crippen molar-refractivity contribution in [3.8, 4) is 11.6 Å². The monoisotopic (exact) mass is 510 g/mol. The van der Waals surface area contributed by atoms with E-state index in [1.165, 1.54) is 27.8 Å². The molecule has 2 aromatic heterocycles. The van der Waals surface area contributed by atoms with Gasteiger partial charge in [0.05, 0.1) is 30.8 Å². The number of Topliss-reactive ketones (excluding diaryl/α,β-unsaturated/α-hetero) is 1. The molecule has 194 valence electrons. The number of amides is 1. The van der Waals surface area contributed by atoms with Crippen LogP contribution >= 0.6 is 0 Å². The molecule has 0 spiro atoms. The molecule has 1 fully saturated rings. The molecule has 5 rings (SSSR count). The molecule has 2 aliphatic rings. The van der Waals surface area contributed by atoms with E-state index in [0.29, 0.717) is 48.7 Å². The SMILES string of the molecule is Cc1cc(=O)n(C)c2c(OC(C)CCC[C@H]3CN(c4cnc5c(n4)CC(=O)CO5)C(=O)O3)c(F)ccc12. The van der Waals surface area contributed by atoms with E-state index < -0.39 is 11.9 Å². The molecule has 10 nitrogen and oxygen atoms in total. The zero-order valence-corrected chi connectivity index (χ0v) is 20.8. The van der Waals surface area contributed by atoms with Crippen LogP contribution < -0.4 is 19.9 Å². The first-order chi connectivity index (χ1) is 17.7. The molecule has 1 amide bonds. The van der Waals surface area contributed by atoms with Gasteiger partial charge in [0, 0.05) is 18.5 Å². The molecule has 3 aromatic rings. The molecule has 0 N–H and O–H groups in total. The van der Waals surface area contributed by atoms with Gasteiger partial charge in [-0.3, -0.25) is 14.5 Å². The van der Waals surface area contributed by atoms with E-state index >= 15 is 0 Å². The molecule has 1 aromatic carbocycles. The highest BCUT2D eigenvalue weighted by molar-refractivity contribution is 5.89. The van der Waals surface area contributed by atoms with Crippen molar-refractivity contribution in [2.24, 2.45) is 7.05 Å². The van der Waals surface area contributed by atoms with Crippen molar-refractivity contribution in [3.63, 3.8) is 0 Å². The van der Waals surface area contributed by atoms with Crippen LogP contribution in [0.25, 0.3) is 10.9 Å². The number of hydrogen-bond donors (Lipinski definition) is 0. The first kappa shape index (κ1) is 24.7. The second-order valence-corrected chi connectivity index (χ2v) is 9.46. The maximum Gasteiger partial charge on any atom is 0.415 e. The highest BCUT2D eigenvalue weighted by Crippen LogP contribution is 2.31. The van der Waals surface area contributed by atoms with Gasteiger partial charge in [-0.05, 0) is 50.8 Å². The highest BCUT2D eigenvalue weighted by atomic mass is 19.1. The molecular formula is C26H27FN4O6. The third-order valence-corrected chi connectivity index (χ3v) is 6.65. The van der Waals surface area contributed by atoms with Crippen LogP contribution in [0.1, 0.15) is 37.4 Å². The summed E-state index contributed by atoms with van der Waals surface area (Å²) in [5, 5.41) is 0.755. The lowest BCUT2D eigenvalue weighted by molar-refractivity contribution is -0.121. The summed E-state index contributed by atoms with van der Waals surface area (Å²) in [6.45, 7) is 3.92. The second kappa shape index (κ2) is 9.79. The fraction of sp³-hybridized carbons (Fsp3) is 0.423. The molecule has 11 heteroatoms. The van der Waals surface area contributed by atoms with Gasteiger partial charge in [0.2, 0.25) is 5.88 Å². The van der Waals surface area contributed by atoms with Gasteiger partial charge in [-0.1, -0.05) is 0 Å². The molecule has 0 radical (unpaired) electrons. The number of carbonyl (C=O) groups is 2. The number of ether oxygens (including phenoxy) is 3. The van der Waals surface area contributed by atoms with Gasteiger partial charge >= 0.3 is 6.09 Å². The van der Waals surface area contributed by atoms with Crippen molar-refractivity contribution in [2.45, 2.75) is 51.7 Å². The maximum atomic E-state index is 14.7. The van der Waals surface area contributed by atoms with E-state index in [9.17, 15) is 18.8 Å². The molecule has 2 atom stereocenters. The zero-order valence-electron chi connectivity index (χ0n) is 20.8. The van der Waals surface area contributed by atoms with E-state index in [0.717, 1.165) is 10.9 Å². The van der Waals surface area contributed by atoms with Gasteiger partial charge < -0.3 is 18.8 Å². The standard InChI is InChI=1S/C26H27FN4O6/c1-14-9-22(33)30(3)23-18(14)7-8-19(27)24(23)36-15(2)5-4-6-17-12-31(26(34)37-17)21-11-28-25-20(29-21)10-16(32)13-35-25/h7-9,11,15,17H,4-6,10,12-13H2,1-3H3/t15?,17-/m0/s1. The van der Waals surface area contributed by atoms with Crippen molar-refractivity contribution >= 4 is 28.6 Å². The summed E-state index contributed by atoms with van der Waals surface area (Å²) in [7, 11) is 1.60. The lowest BCUT2D eigenvalue weighted by Gasteiger charge is -2.19. The number of pyridine rings is 1. The van der Waals surface area contributed by atoms with Gasteiger partial charge in [-0.2, -0.15) is 0 Å². The van der Waals surface area contributed by atoms with E-state index in [1.54, 1.807) is 13.1 Å². The summed E-state index contributed by atoms with van der Waals surface area (Å²) in [5.41, 5.74) is 1.36. The maximum absolute atomic E-state index is 14.7. The highest BCUT2D eigenvalue weighted by Gasteiger charge is 2.34. The number of carbonyl (C=O) groups excluding carboxylic acids is 2. The van der Waals surface area contributed by atoms with E-state index in [1.807, 2.05) is 13.8 Å². The predicted molar refractivity (Wildman–Crippen MR) is 132 cm³/mol. The van der Waals surface area contributed by atoms with Gasteiger partial charge in [0.1, 0.15) is 18.4 Å². The van der Waals surface area contributed by atoms with Crippen LogP contribution in [0.2, 0.25) is 0 Å². The minimum Gasteiger partial charge on any atom is -0.485 e. The molecule has 4 heterocycles. The molecule has 1 unspecified atom stereocenters. The Hall–Kier alpha value is -4.02. The van der Waals surface area contributed by atoms with Crippen LogP contribution in [0.4, 0.5) is 15.0 Å². The van der Waals surface area contributed by atoms with Gasteiger partial charge in [0.15, 0.2) is 23.2 Å². The van der Waals surface area contributed by atoms with Crippen LogP contribution in [0.5, 0.6) is 11.6 Å². The van der Waals surface area contributed by atoms with E-state index in [2.05, 4.69) is 9.97 Å². The average Bonchev–Trinajstić information content (AvgIpc) is 3.23. The smallest absolute Gasteiger partial charge is 0.415 e. The molecular weight excluding hydrogens is 483 g/mol. The van der Waals surface area contributed by atoms with Crippen molar-refractivity contribution < 1.29 is 28.2 Å². The summed E-state index contributed by atoms with van der Waals surface area (Å²) < 4.78 is 32.8. The molecule has 37 heavy (non-hydrogen) atoms. The lowest BCUT2D eigenvalue weighted by atomic mass is 10.1. The van der Waals surface area contributed by atoms with Crippen molar-refractivity contribution in [1.82, 2.24) is 14.5 Å². The minimum atomic E-state index is -0.529. The lowest BCUT2D eigenvalue weighted by Crippen LogP contribution is -2.28. The molecule has 0 bridgehead atoms. The van der Waals surface area contributed by atoms with Crippen LogP contribution in [0, 0.1) is 12.7 Å². The number of benzene rings is 1. The molecule has 1 saturated heterocycles. The number of aryl methyl sites for hydroxylation is 2. The quantitative estimate of drug-likeness (QED) is 0.476. The summed E-state index contributed by atoms with van der Waals surface area (Å²) in [6.07, 6.45) is 2.15. The number of aromatic nitrogens is 3. The fourth-order valence-electron chi connectivity index (χ4n) is 4.69. The zero-order chi connectivity index (χ0) is 26.3. The number of ketones is 1. The molecule has 0 saturated carbocycles. The first-order valence-corrected chi connectivity index (χ1v) is 12.2. The molecule has 0 aliphatic carbocycles. The van der Waals surface area contributed by atoms with Crippen LogP contribution in [-0.2, 0) is 23.0 Å². The largest absolute Gasteiger partial charge is 0.485 e. The number of cyclic esters (lactones) is 1. The minimum absolute atomic E-state index is 0.0259. The molecule has 2 aliphatic heterocycles. The number of anilines is 1. The number of fused-ring (bicyclic) bond motifs is 2. The average molecular weight is 511 g/mol. The number of hydrogen-bond acceptors (Lipinski definition) is 8. The van der Waals surface area contributed by atoms with Gasteiger partial charge in [-0.15, -0.1) is 0 Å². The first-order valence-electron chi connectivity index (χ1n) is 12.2. The summed E-state index contributed by atoms with van der Waals surface area (Å²) in [5.74, 6) is 0.0459. The Morgan fingerprint density at radius 1 is 1.27 bits per heavy atom. The van der Waals surface area contributed by atoms with E-state index in [-0.39, 0.29) is 42.3 Å². The fourth-order valence-corrected chi connectivity index (χ4v) is 4.69. The second-order valence-electron chi connectivity index (χ2n) is 9.46. The Balaban J connectivity index is 1.20. The Bertz CT molecular complexity index is 1460. The Morgan fingerprint density at radius 2 is 2.08 bits per heavy atom. The van der Waals surface area contributed by atoms with E-state index in [4.69, 9.17) is 14.2 Å². The van der Waals surface area contributed by atoms with Crippen molar-refractivity contribution in [3.05, 3.63) is 51.8 Å². The summed E-state index contributed by atoms with van der Waals surface area (Å²) in [4.78, 5) is 46.3. The topological polar surface area (TPSA) is 113 Å². The Kier molecular flexibility index (Phi) is 6.53. The third kappa shape index (κ3) is 4.85. The summed E-state index contributed by atoms with van der Waals surface area (Å²) in [6, 6.07) is 4.51. The van der Waals surface area contributed by atoms with Crippen LogP contribution in [0.3, 0.4) is 0 Å². The Morgan fingerprint density at radius 3 is 2.89 bits per heavy atom. The normalized spacial score (nSPS) is 17.9. The third-order valence-electron chi connectivity index (χ3n) is 6.65. The summed E-state index contributed by atoms with van der Waals surface area (Å²) >= 11 is 0. The van der Waals surface area contributed by atoms with Gasteiger partial charge in [0.25, 0.3) is 5.56 Å². The number of halogens is 1.